The van der Waals surface area contributed by atoms with Crippen molar-refractivity contribution in [3.63, 3.8) is 0 Å². The Labute approximate surface area is 117 Å². The molecule has 1 atom stereocenters. The molecular formula is C13H19ClN2O3. The lowest BCUT2D eigenvalue weighted by Gasteiger charge is -2.21. The summed E-state index contributed by atoms with van der Waals surface area (Å²) >= 11 is 5.69. The summed E-state index contributed by atoms with van der Waals surface area (Å²) in [6.07, 6.45) is 0.769. The SMILES string of the molecule is CC(C)(CCl)C(=O)NCC(O)Cn1ccccc1=O. The number of hydrogen-bond donors (Lipinski definition) is 2. The molecule has 0 aliphatic carbocycles. The lowest BCUT2D eigenvalue weighted by Crippen LogP contribution is -2.43. The molecule has 1 aromatic rings. The maximum atomic E-state index is 11.7. The van der Waals surface area contributed by atoms with Gasteiger partial charge in [-0.05, 0) is 19.9 Å². The van der Waals surface area contributed by atoms with E-state index in [4.69, 9.17) is 11.6 Å². The summed E-state index contributed by atoms with van der Waals surface area (Å²) in [4.78, 5) is 23.2. The number of carbonyl (C=O) groups excluding carboxylic acids is 1. The van der Waals surface area contributed by atoms with E-state index in [9.17, 15) is 14.7 Å². The van der Waals surface area contributed by atoms with Crippen molar-refractivity contribution in [3.8, 4) is 0 Å². The van der Waals surface area contributed by atoms with Gasteiger partial charge >= 0.3 is 0 Å². The van der Waals surface area contributed by atoms with E-state index in [1.165, 1.54) is 10.6 Å². The van der Waals surface area contributed by atoms with Gasteiger partial charge in [-0.25, -0.2) is 0 Å². The van der Waals surface area contributed by atoms with E-state index in [1.54, 1.807) is 32.2 Å². The molecule has 0 radical (unpaired) electrons. The molecule has 106 valence electrons. The Bertz CT molecular complexity index is 485. The van der Waals surface area contributed by atoms with Crippen molar-refractivity contribution in [1.82, 2.24) is 9.88 Å². The normalized spacial score (nSPS) is 13.1. The van der Waals surface area contributed by atoms with Gasteiger partial charge in [-0.2, -0.15) is 0 Å². The van der Waals surface area contributed by atoms with E-state index in [0.29, 0.717) is 0 Å². The molecule has 5 nitrogen and oxygen atoms in total. The van der Waals surface area contributed by atoms with Crippen molar-refractivity contribution in [2.45, 2.75) is 26.5 Å². The van der Waals surface area contributed by atoms with E-state index in [-0.39, 0.29) is 30.4 Å². The van der Waals surface area contributed by atoms with Crippen LogP contribution in [-0.2, 0) is 11.3 Å². The third-order valence-electron chi connectivity index (χ3n) is 2.75. The molecule has 0 saturated carbocycles. The largest absolute Gasteiger partial charge is 0.389 e. The topological polar surface area (TPSA) is 71.3 Å². The van der Waals surface area contributed by atoms with Crippen molar-refractivity contribution in [2.75, 3.05) is 12.4 Å². The van der Waals surface area contributed by atoms with Gasteiger partial charge in [0.05, 0.1) is 18.1 Å². The Hall–Kier alpha value is -1.33. The molecule has 0 fully saturated rings. The summed E-state index contributed by atoms with van der Waals surface area (Å²) in [5.74, 6) is -0.0189. The Balaban J connectivity index is 2.49. The minimum Gasteiger partial charge on any atom is -0.389 e. The van der Waals surface area contributed by atoms with Gasteiger partial charge in [0.2, 0.25) is 5.91 Å². The van der Waals surface area contributed by atoms with Crippen LogP contribution in [0.4, 0.5) is 0 Å². The molecule has 19 heavy (non-hydrogen) atoms. The molecule has 1 heterocycles. The summed E-state index contributed by atoms with van der Waals surface area (Å²) in [5.41, 5.74) is -0.862. The molecule has 6 heteroatoms. The van der Waals surface area contributed by atoms with Crippen LogP contribution in [0, 0.1) is 5.41 Å². The lowest BCUT2D eigenvalue weighted by molar-refractivity contribution is -0.128. The molecule has 0 saturated heterocycles. The number of aliphatic hydroxyl groups excluding tert-OH is 1. The zero-order valence-electron chi connectivity index (χ0n) is 11.1. The van der Waals surface area contributed by atoms with E-state index in [1.807, 2.05) is 0 Å². The fourth-order valence-corrected chi connectivity index (χ4v) is 1.53. The first kappa shape index (κ1) is 15.7. The van der Waals surface area contributed by atoms with Gasteiger partial charge in [0.15, 0.2) is 0 Å². The average Bonchev–Trinajstić information content (AvgIpc) is 2.38. The van der Waals surface area contributed by atoms with Crippen molar-refractivity contribution < 1.29 is 9.90 Å². The number of halogens is 1. The lowest BCUT2D eigenvalue weighted by atomic mass is 9.95. The van der Waals surface area contributed by atoms with Gasteiger partial charge < -0.3 is 15.0 Å². The highest BCUT2D eigenvalue weighted by Gasteiger charge is 2.26. The number of carbonyl (C=O) groups is 1. The van der Waals surface area contributed by atoms with E-state index in [0.717, 1.165) is 0 Å². The fourth-order valence-electron chi connectivity index (χ4n) is 1.41. The third kappa shape index (κ3) is 4.69. The van der Waals surface area contributed by atoms with Crippen LogP contribution in [-0.4, -0.2) is 34.1 Å². The number of nitrogens with zero attached hydrogens (tertiary/aromatic N) is 1. The van der Waals surface area contributed by atoms with E-state index in [2.05, 4.69) is 5.32 Å². The Morgan fingerprint density at radius 2 is 2.21 bits per heavy atom. The fraction of sp³-hybridized carbons (Fsp3) is 0.538. The van der Waals surface area contributed by atoms with Crippen LogP contribution >= 0.6 is 11.6 Å². The van der Waals surface area contributed by atoms with Crippen LogP contribution in [0.3, 0.4) is 0 Å². The number of pyridine rings is 1. The van der Waals surface area contributed by atoms with Crippen LogP contribution in [0.15, 0.2) is 29.2 Å². The van der Waals surface area contributed by atoms with Gasteiger partial charge in [-0.15, -0.1) is 11.6 Å². The molecule has 1 rings (SSSR count). The van der Waals surface area contributed by atoms with Crippen molar-refractivity contribution in [2.24, 2.45) is 5.41 Å². The van der Waals surface area contributed by atoms with Crippen LogP contribution in [0.1, 0.15) is 13.8 Å². The predicted octanol–water partition coefficient (Wildman–Crippen LogP) is 0.590. The van der Waals surface area contributed by atoms with Gasteiger partial charge in [-0.3, -0.25) is 9.59 Å². The quantitative estimate of drug-likeness (QED) is 0.752. The van der Waals surface area contributed by atoms with E-state index < -0.39 is 11.5 Å². The summed E-state index contributed by atoms with van der Waals surface area (Å²) < 4.78 is 1.39. The van der Waals surface area contributed by atoms with E-state index >= 15 is 0 Å². The predicted molar refractivity (Wildman–Crippen MR) is 74.2 cm³/mol. The molecule has 1 unspecified atom stereocenters. The molecular weight excluding hydrogens is 268 g/mol. The number of alkyl halides is 1. The summed E-state index contributed by atoms with van der Waals surface area (Å²) in [6, 6.07) is 4.77. The minimum atomic E-state index is -0.824. The second-order valence-electron chi connectivity index (χ2n) is 5.07. The number of aromatic nitrogens is 1. The maximum absolute atomic E-state index is 11.7. The molecule has 1 aromatic heterocycles. The van der Waals surface area contributed by atoms with Crippen LogP contribution in [0.2, 0.25) is 0 Å². The maximum Gasteiger partial charge on any atom is 0.250 e. The van der Waals surface area contributed by atoms with Crippen LogP contribution in [0.5, 0.6) is 0 Å². The first-order chi connectivity index (χ1) is 8.86. The average molecular weight is 287 g/mol. The summed E-state index contributed by atoms with van der Waals surface area (Å²) in [5, 5.41) is 12.4. The zero-order valence-corrected chi connectivity index (χ0v) is 11.9. The van der Waals surface area contributed by atoms with Crippen molar-refractivity contribution in [3.05, 3.63) is 34.7 Å². The van der Waals surface area contributed by atoms with Crippen LogP contribution in [0.25, 0.3) is 0 Å². The highest BCUT2D eigenvalue weighted by molar-refractivity contribution is 6.19. The van der Waals surface area contributed by atoms with Gasteiger partial charge in [0.1, 0.15) is 0 Å². The standard InChI is InChI=1S/C13H19ClN2O3/c1-13(2,9-14)12(19)15-7-10(17)8-16-6-4-3-5-11(16)18/h3-6,10,17H,7-9H2,1-2H3,(H,15,19). The number of hydrogen-bond acceptors (Lipinski definition) is 3. The molecule has 0 aliphatic heterocycles. The van der Waals surface area contributed by atoms with Gasteiger partial charge in [-0.1, -0.05) is 6.07 Å². The molecule has 0 aliphatic rings. The second-order valence-corrected chi connectivity index (χ2v) is 5.34. The first-order valence-electron chi connectivity index (χ1n) is 6.04. The Morgan fingerprint density at radius 1 is 1.53 bits per heavy atom. The number of rotatable bonds is 6. The molecule has 0 spiro atoms. The Kier molecular flexibility index (Phi) is 5.57. The Morgan fingerprint density at radius 3 is 2.79 bits per heavy atom. The summed E-state index contributed by atoms with van der Waals surface area (Å²) in [7, 11) is 0. The number of aliphatic hydroxyl groups is 1. The number of amides is 1. The molecule has 0 aromatic carbocycles. The minimum absolute atomic E-state index is 0.0838. The molecule has 0 bridgehead atoms. The first-order valence-corrected chi connectivity index (χ1v) is 6.58. The van der Waals surface area contributed by atoms with Gasteiger partial charge in [0.25, 0.3) is 5.56 Å². The molecule has 1 amide bonds. The molecule has 2 N–H and O–H groups in total. The summed E-state index contributed by atoms with van der Waals surface area (Å²) in [6.45, 7) is 3.68. The smallest absolute Gasteiger partial charge is 0.250 e. The van der Waals surface area contributed by atoms with Crippen molar-refractivity contribution >= 4 is 17.5 Å². The van der Waals surface area contributed by atoms with Gasteiger partial charge in [0, 0.05) is 24.7 Å². The number of nitrogens with one attached hydrogen (secondary N) is 1. The third-order valence-corrected chi connectivity index (χ3v) is 3.42. The zero-order chi connectivity index (χ0) is 14.5. The highest BCUT2D eigenvalue weighted by Crippen LogP contribution is 2.16. The second kappa shape index (κ2) is 6.73. The monoisotopic (exact) mass is 286 g/mol. The highest BCUT2D eigenvalue weighted by atomic mass is 35.5. The van der Waals surface area contributed by atoms with Crippen LogP contribution < -0.4 is 10.9 Å². The van der Waals surface area contributed by atoms with Crippen molar-refractivity contribution in [1.29, 1.82) is 0 Å².